The normalized spacial score (nSPS) is 11.6. The average molecular weight is 501 g/mol. The first-order chi connectivity index (χ1) is 16.3. The molecule has 9 heteroatoms. The molecule has 0 saturated carbocycles. The van der Waals surface area contributed by atoms with E-state index in [2.05, 4.69) is 21.0 Å². The van der Waals surface area contributed by atoms with Crippen molar-refractivity contribution < 1.29 is 14.1 Å². The second-order valence-electron chi connectivity index (χ2n) is 7.78. The van der Waals surface area contributed by atoms with E-state index in [0.717, 1.165) is 18.4 Å². The van der Waals surface area contributed by atoms with Crippen molar-refractivity contribution in [3.8, 4) is 11.3 Å². The number of halogens is 2. The summed E-state index contributed by atoms with van der Waals surface area (Å²) in [5.41, 5.74) is 5.36. The highest BCUT2D eigenvalue weighted by molar-refractivity contribution is 6.39. The number of amides is 2. The Bertz CT molecular complexity index is 1210. The first-order valence-corrected chi connectivity index (χ1v) is 11.7. The highest BCUT2D eigenvalue weighted by Crippen LogP contribution is 2.36. The molecule has 0 saturated heterocycles. The van der Waals surface area contributed by atoms with E-state index in [-0.39, 0.29) is 23.1 Å². The van der Waals surface area contributed by atoms with Crippen LogP contribution in [0.25, 0.3) is 11.3 Å². The lowest BCUT2D eigenvalue weighted by molar-refractivity contribution is -0.120. The Balaban J connectivity index is 1.80. The van der Waals surface area contributed by atoms with Gasteiger partial charge in [-0.3, -0.25) is 9.59 Å². The molecule has 2 N–H and O–H groups in total. The van der Waals surface area contributed by atoms with E-state index in [1.807, 2.05) is 38.1 Å². The summed E-state index contributed by atoms with van der Waals surface area (Å²) in [6.45, 7) is 7.37. The minimum Gasteiger partial charge on any atom is -0.360 e. The van der Waals surface area contributed by atoms with Crippen LogP contribution in [-0.2, 0) is 4.79 Å². The average Bonchev–Trinajstić information content (AvgIpc) is 3.19. The lowest BCUT2D eigenvalue weighted by Crippen LogP contribution is -2.22. The summed E-state index contributed by atoms with van der Waals surface area (Å²) in [6, 6.07) is 12.3. The van der Waals surface area contributed by atoms with Crippen LogP contribution in [0, 0.1) is 12.8 Å². The van der Waals surface area contributed by atoms with Crippen LogP contribution in [0.2, 0.25) is 10.0 Å². The molecular formula is C25H26Cl2N4O3. The molecular weight excluding hydrogens is 475 g/mol. The van der Waals surface area contributed by atoms with Crippen LogP contribution in [0.1, 0.15) is 55.3 Å². The van der Waals surface area contributed by atoms with Crippen LogP contribution in [-0.4, -0.2) is 22.7 Å². The van der Waals surface area contributed by atoms with Crippen LogP contribution in [0.5, 0.6) is 0 Å². The third-order valence-electron chi connectivity index (χ3n) is 5.52. The SMILES string of the molecule is CCC(CC)C(=O)Nc1cccc(/C(C)=N/NC(=O)c2c(-c3c(Cl)cccc3Cl)noc2C)c1. The van der Waals surface area contributed by atoms with E-state index < -0.39 is 5.91 Å². The van der Waals surface area contributed by atoms with Crippen molar-refractivity contribution in [2.75, 3.05) is 5.32 Å². The molecule has 0 aliphatic carbocycles. The Morgan fingerprint density at radius 1 is 1.09 bits per heavy atom. The first kappa shape index (κ1) is 25.5. The molecule has 0 radical (unpaired) electrons. The van der Waals surface area contributed by atoms with Gasteiger partial charge in [0.05, 0.1) is 15.8 Å². The predicted octanol–water partition coefficient (Wildman–Crippen LogP) is 6.49. The minimum atomic E-state index is -0.512. The standard InChI is InChI=1S/C25H26Cl2N4O3/c1-5-16(6-2)24(32)28-18-10-7-9-17(13-18)14(3)29-30-25(33)21-15(4)34-31-23(21)22-19(26)11-8-12-20(22)27/h7-13,16H,5-6H2,1-4H3,(H,28,32)(H,30,33)/b29-14+. The Morgan fingerprint density at radius 3 is 2.38 bits per heavy atom. The van der Waals surface area contributed by atoms with Crippen molar-refractivity contribution in [2.24, 2.45) is 11.0 Å². The maximum Gasteiger partial charge on any atom is 0.277 e. The lowest BCUT2D eigenvalue weighted by Gasteiger charge is -2.13. The molecule has 0 aliphatic heterocycles. The van der Waals surface area contributed by atoms with E-state index in [9.17, 15) is 9.59 Å². The number of nitrogens with one attached hydrogen (secondary N) is 2. The smallest absolute Gasteiger partial charge is 0.277 e. The highest BCUT2D eigenvalue weighted by atomic mass is 35.5. The zero-order chi connectivity index (χ0) is 24.8. The number of carbonyl (C=O) groups is 2. The molecule has 0 unspecified atom stereocenters. The number of carbonyl (C=O) groups excluding carboxylic acids is 2. The van der Waals surface area contributed by atoms with Gasteiger partial charge in [-0.05, 0) is 56.5 Å². The van der Waals surface area contributed by atoms with Gasteiger partial charge in [0.2, 0.25) is 5.91 Å². The van der Waals surface area contributed by atoms with Crippen LogP contribution in [0.15, 0.2) is 52.1 Å². The van der Waals surface area contributed by atoms with Gasteiger partial charge in [0.25, 0.3) is 5.91 Å². The summed E-state index contributed by atoms with van der Waals surface area (Å²) in [6.07, 6.45) is 1.55. The summed E-state index contributed by atoms with van der Waals surface area (Å²) >= 11 is 12.6. The molecule has 0 aliphatic rings. The fourth-order valence-corrected chi connectivity index (χ4v) is 4.09. The van der Waals surface area contributed by atoms with Crippen LogP contribution < -0.4 is 10.7 Å². The number of anilines is 1. The Hall–Kier alpha value is -3.16. The second kappa shape index (κ2) is 11.3. The quantitative estimate of drug-likeness (QED) is 0.273. The summed E-state index contributed by atoms with van der Waals surface area (Å²) in [5, 5.41) is 11.9. The zero-order valence-corrected chi connectivity index (χ0v) is 20.9. The number of rotatable bonds is 8. The van der Waals surface area contributed by atoms with Crippen molar-refractivity contribution in [1.82, 2.24) is 10.6 Å². The second-order valence-corrected chi connectivity index (χ2v) is 8.60. The van der Waals surface area contributed by atoms with Crippen molar-refractivity contribution in [2.45, 2.75) is 40.5 Å². The number of nitrogens with zero attached hydrogens (tertiary/aromatic N) is 2. The first-order valence-electron chi connectivity index (χ1n) is 10.9. The summed E-state index contributed by atoms with van der Waals surface area (Å²) in [7, 11) is 0. The Labute approximate surface area is 208 Å². The van der Waals surface area contributed by atoms with Crippen molar-refractivity contribution in [1.29, 1.82) is 0 Å². The summed E-state index contributed by atoms with van der Waals surface area (Å²) in [5.74, 6) is -0.256. The van der Waals surface area contributed by atoms with Crippen LogP contribution >= 0.6 is 23.2 Å². The van der Waals surface area contributed by atoms with E-state index in [1.54, 1.807) is 32.0 Å². The molecule has 2 amide bonds. The number of hydrazone groups is 1. The molecule has 0 bridgehead atoms. The molecule has 1 heterocycles. The number of hydrogen-bond donors (Lipinski definition) is 2. The fourth-order valence-electron chi connectivity index (χ4n) is 3.52. The third kappa shape index (κ3) is 5.66. The Kier molecular flexibility index (Phi) is 8.47. The molecule has 0 spiro atoms. The number of aryl methyl sites for hydroxylation is 1. The highest BCUT2D eigenvalue weighted by Gasteiger charge is 2.25. The van der Waals surface area contributed by atoms with Gasteiger partial charge in [-0.1, -0.05) is 60.4 Å². The van der Waals surface area contributed by atoms with Crippen molar-refractivity contribution in [3.63, 3.8) is 0 Å². The predicted molar refractivity (Wildman–Crippen MR) is 136 cm³/mol. The molecule has 2 aromatic carbocycles. The molecule has 178 valence electrons. The van der Waals surface area contributed by atoms with Gasteiger partial charge in [0.1, 0.15) is 17.0 Å². The van der Waals surface area contributed by atoms with Gasteiger partial charge in [-0.2, -0.15) is 5.10 Å². The number of aromatic nitrogens is 1. The monoisotopic (exact) mass is 500 g/mol. The van der Waals surface area contributed by atoms with Gasteiger partial charge in [0.15, 0.2) is 0 Å². The van der Waals surface area contributed by atoms with E-state index in [0.29, 0.717) is 32.8 Å². The lowest BCUT2D eigenvalue weighted by atomic mass is 10.0. The van der Waals surface area contributed by atoms with Gasteiger partial charge in [-0.15, -0.1) is 0 Å². The molecule has 1 aromatic heterocycles. The molecule has 0 atom stereocenters. The van der Waals surface area contributed by atoms with Crippen LogP contribution in [0.4, 0.5) is 5.69 Å². The largest absolute Gasteiger partial charge is 0.360 e. The van der Waals surface area contributed by atoms with Crippen LogP contribution in [0.3, 0.4) is 0 Å². The fraction of sp³-hybridized carbons (Fsp3) is 0.280. The maximum absolute atomic E-state index is 13.0. The zero-order valence-electron chi connectivity index (χ0n) is 19.4. The summed E-state index contributed by atoms with van der Waals surface area (Å²) in [4.78, 5) is 25.4. The number of benzene rings is 2. The topological polar surface area (TPSA) is 96.6 Å². The third-order valence-corrected chi connectivity index (χ3v) is 6.15. The van der Waals surface area contributed by atoms with E-state index >= 15 is 0 Å². The maximum atomic E-state index is 13.0. The minimum absolute atomic E-state index is 0.0151. The summed E-state index contributed by atoms with van der Waals surface area (Å²) < 4.78 is 5.25. The van der Waals surface area contributed by atoms with Gasteiger partial charge >= 0.3 is 0 Å². The Morgan fingerprint density at radius 2 is 1.74 bits per heavy atom. The van der Waals surface area contributed by atoms with Gasteiger partial charge in [-0.25, -0.2) is 5.43 Å². The molecule has 34 heavy (non-hydrogen) atoms. The molecule has 3 rings (SSSR count). The van der Waals surface area contributed by atoms with E-state index in [4.69, 9.17) is 27.7 Å². The molecule has 3 aromatic rings. The van der Waals surface area contributed by atoms with Crippen molar-refractivity contribution in [3.05, 3.63) is 69.4 Å². The van der Waals surface area contributed by atoms with Gasteiger partial charge < -0.3 is 9.84 Å². The molecule has 7 nitrogen and oxygen atoms in total. The van der Waals surface area contributed by atoms with Crippen molar-refractivity contribution >= 4 is 46.4 Å². The van der Waals surface area contributed by atoms with Gasteiger partial charge in [0, 0.05) is 17.2 Å². The number of hydrogen-bond acceptors (Lipinski definition) is 5. The molecule has 0 fully saturated rings. The van der Waals surface area contributed by atoms with E-state index in [1.165, 1.54) is 0 Å².